The van der Waals surface area contributed by atoms with Crippen molar-refractivity contribution in [2.75, 3.05) is 13.1 Å². The first-order valence-corrected chi connectivity index (χ1v) is 8.29. The number of hydrogen-bond donors (Lipinski definition) is 0. The van der Waals surface area contributed by atoms with Crippen LogP contribution in [0.2, 0.25) is 0 Å². The zero-order chi connectivity index (χ0) is 18.8. The Labute approximate surface area is 144 Å². The van der Waals surface area contributed by atoms with Gasteiger partial charge < -0.3 is 4.90 Å². The first kappa shape index (κ1) is 19.2. The van der Waals surface area contributed by atoms with E-state index in [1.807, 2.05) is 26.8 Å². The highest BCUT2D eigenvalue weighted by Crippen LogP contribution is 2.20. The number of halogens is 3. The molecule has 0 atom stereocenters. The lowest BCUT2D eigenvalue weighted by molar-refractivity contribution is -0.161. The molecule has 2 rings (SSSR count). The molecule has 5 nitrogen and oxygen atoms in total. The minimum Gasteiger partial charge on any atom is -0.334 e. The molecular formula is C17H23F3N4O. The van der Waals surface area contributed by atoms with Gasteiger partial charge in [0.25, 0.3) is 0 Å². The van der Waals surface area contributed by atoms with Crippen molar-refractivity contribution in [1.29, 1.82) is 0 Å². The van der Waals surface area contributed by atoms with Gasteiger partial charge in [0.2, 0.25) is 5.91 Å². The highest BCUT2D eigenvalue weighted by Gasteiger charge is 2.32. The van der Waals surface area contributed by atoms with Gasteiger partial charge >= 0.3 is 6.18 Å². The van der Waals surface area contributed by atoms with Crippen molar-refractivity contribution >= 4 is 11.6 Å². The van der Waals surface area contributed by atoms with E-state index in [0.717, 1.165) is 33.2 Å². The molecule has 0 saturated heterocycles. The van der Waals surface area contributed by atoms with Crippen LogP contribution in [0.25, 0.3) is 5.65 Å². The zero-order valence-corrected chi connectivity index (χ0v) is 14.9. The Kier molecular flexibility index (Phi) is 5.69. The third-order valence-electron chi connectivity index (χ3n) is 4.09. The van der Waals surface area contributed by atoms with Gasteiger partial charge in [0.15, 0.2) is 5.65 Å². The summed E-state index contributed by atoms with van der Waals surface area (Å²) >= 11 is 0. The van der Waals surface area contributed by atoms with Crippen molar-refractivity contribution in [2.45, 2.75) is 53.1 Å². The van der Waals surface area contributed by atoms with E-state index in [2.05, 4.69) is 10.1 Å². The molecule has 0 radical (unpaired) electrons. The largest absolute Gasteiger partial charge is 0.406 e. The Bertz CT molecular complexity index is 767. The standard InChI is InChI=1S/C17H23F3N4O/c1-5-8-23(10-17(18,19)20)16(25)7-6-14-12(3)21-15-9-11(2)22-24(15)13(14)4/h9H,5-8,10H2,1-4H3. The first-order valence-electron chi connectivity index (χ1n) is 8.29. The summed E-state index contributed by atoms with van der Waals surface area (Å²) in [4.78, 5) is 17.6. The molecule has 0 N–H and O–H groups in total. The fraction of sp³-hybridized carbons (Fsp3) is 0.588. The molecule has 0 aromatic carbocycles. The van der Waals surface area contributed by atoms with Crippen molar-refractivity contribution in [1.82, 2.24) is 19.5 Å². The molecular weight excluding hydrogens is 333 g/mol. The molecule has 0 saturated carbocycles. The number of amides is 1. The Balaban J connectivity index is 2.16. The number of nitrogens with zero attached hydrogens (tertiary/aromatic N) is 4. The number of carbonyl (C=O) groups excluding carboxylic acids is 1. The topological polar surface area (TPSA) is 50.5 Å². The molecule has 1 amide bonds. The molecule has 8 heteroatoms. The van der Waals surface area contributed by atoms with Crippen LogP contribution in [0.3, 0.4) is 0 Å². The summed E-state index contributed by atoms with van der Waals surface area (Å²) in [6.07, 6.45) is -3.54. The maximum Gasteiger partial charge on any atom is 0.406 e. The van der Waals surface area contributed by atoms with Crippen LogP contribution < -0.4 is 0 Å². The van der Waals surface area contributed by atoms with Gasteiger partial charge in [-0.1, -0.05) is 6.92 Å². The lowest BCUT2D eigenvalue weighted by Gasteiger charge is -2.23. The number of aromatic nitrogens is 3. The van der Waals surface area contributed by atoms with Crippen LogP contribution in [0.15, 0.2) is 6.07 Å². The second-order valence-corrected chi connectivity index (χ2v) is 6.25. The van der Waals surface area contributed by atoms with E-state index in [4.69, 9.17) is 0 Å². The third-order valence-corrected chi connectivity index (χ3v) is 4.09. The van der Waals surface area contributed by atoms with E-state index in [0.29, 0.717) is 12.8 Å². The number of aryl methyl sites for hydroxylation is 3. The minimum absolute atomic E-state index is 0.0190. The summed E-state index contributed by atoms with van der Waals surface area (Å²) in [6.45, 7) is 6.25. The number of hydrogen-bond acceptors (Lipinski definition) is 3. The van der Waals surface area contributed by atoms with Crippen LogP contribution in [0, 0.1) is 20.8 Å². The smallest absolute Gasteiger partial charge is 0.334 e. The van der Waals surface area contributed by atoms with Crippen LogP contribution in [-0.2, 0) is 11.2 Å². The van der Waals surface area contributed by atoms with Gasteiger partial charge in [-0.2, -0.15) is 18.3 Å². The van der Waals surface area contributed by atoms with Gasteiger partial charge in [0.1, 0.15) is 6.54 Å². The van der Waals surface area contributed by atoms with Crippen LogP contribution in [0.1, 0.15) is 42.4 Å². The van der Waals surface area contributed by atoms with Gasteiger partial charge in [0.05, 0.1) is 5.69 Å². The van der Waals surface area contributed by atoms with E-state index >= 15 is 0 Å². The predicted molar refractivity (Wildman–Crippen MR) is 88.4 cm³/mol. The van der Waals surface area contributed by atoms with Crippen molar-refractivity contribution in [2.24, 2.45) is 0 Å². The van der Waals surface area contributed by atoms with Crippen molar-refractivity contribution in [3.8, 4) is 0 Å². The van der Waals surface area contributed by atoms with E-state index in [-0.39, 0.29) is 13.0 Å². The quantitative estimate of drug-likeness (QED) is 0.797. The highest BCUT2D eigenvalue weighted by molar-refractivity contribution is 5.76. The van der Waals surface area contributed by atoms with Crippen LogP contribution >= 0.6 is 0 Å². The molecule has 0 unspecified atom stereocenters. The summed E-state index contributed by atoms with van der Waals surface area (Å²) in [5, 5.41) is 4.36. The van der Waals surface area contributed by atoms with Crippen molar-refractivity contribution < 1.29 is 18.0 Å². The van der Waals surface area contributed by atoms with Gasteiger partial charge in [-0.15, -0.1) is 0 Å². The van der Waals surface area contributed by atoms with Gasteiger partial charge in [-0.25, -0.2) is 9.50 Å². The average molecular weight is 356 g/mol. The number of carbonyl (C=O) groups is 1. The van der Waals surface area contributed by atoms with E-state index in [1.54, 1.807) is 11.4 Å². The van der Waals surface area contributed by atoms with Gasteiger partial charge in [0, 0.05) is 30.4 Å². The zero-order valence-electron chi connectivity index (χ0n) is 14.9. The first-order chi connectivity index (χ1) is 11.6. The number of fused-ring (bicyclic) bond motifs is 1. The number of alkyl halides is 3. The van der Waals surface area contributed by atoms with Gasteiger partial charge in [-0.05, 0) is 39.2 Å². The Morgan fingerprint density at radius 3 is 2.56 bits per heavy atom. The summed E-state index contributed by atoms with van der Waals surface area (Å²) in [6, 6.07) is 1.86. The normalized spacial score (nSPS) is 12.0. The fourth-order valence-corrected chi connectivity index (χ4v) is 2.97. The SMILES string of the molecule is CCCN(CC(F)(F)F)C(=O)CCc1c(C)nc2cc(C)nn2c1C. The lowest BCUT2D eigenvalue weighted by Crippen LogP contribution is -2.39. The van der Waals surface area contributed by atoms with Crippen molar-refractivity contribution in [3.63, 3.8) is 0 Å². The summed E-state index contributed by atoms with van der Waals surface area (Å²) in [7, 11) is 0. The minimum atomic E-state index is -4.39. The van der Waals surface area contributed by atoms with E-state index in [9.17, 15) is 18.0 Å². The molecule has 0 aliphatic rings. The molecule has 0 spiro atoms. The average Bonchev–Trinajstić information content (AvgIpc) is 2.85. The second kappa shape index (κ2) is 7.41. The van der Waals surface area contributed by atoms with Crippen LogP contribution in [-0.4, -0.2) is 44.7 Å². The molecule has 2 aromatic heterocycles. The number of rotatable bonds is 6. The summed E-state index contributed by atoms with van der Waals surface area (Å²) < 4.78 is 39.6. The molecule has 0 fully saturated rings. The Hall–Kier alpha value is -2.12. The fourth-order valence-electron chi connectivity index (χ4n) is 2.97. The van der Waals surface area contributed by atoms with Crippen LogP contribution in [0.5, 0.6) is 0 Å². The van der Waals surface area contributed by atoms with E-state index < -0.39 is 18.6 Å². The highest BCUT2D eigenvalue weighted by atomic mass is 19.4. The maximum absolute atomic E-state index is 12.6. The maximum atomic E-state index is 12.6. The predicted octanol–water partition coefficient (Wildman–Crippen LogP) is 3.39. The third kappa shape index (κ3) is 4.70. The molecule has 2 heterocycles. The summed E-state index contributed by atoms with van der Waals surface area (Å²) in [5.41, 5.74) is 4.05. The molecule has 25 heavy (non-hydrogen) atoms. The van der Waals surface area contributed by atoms with Crippen molar-refractivity contribution in [3.05, 3.63) is 28.7 Å². The second-order valence-electron chi connectivity index (χ2n) is 6.25. The molecule has 0 bridgehead atoms. The molecule has 0 aliphatic heterocycles. The Morgan fingerprint density at radius 2 is 1.96 bits per heavy atom. The molecule has 2 aromatic rings. The monoisotopic (exact) mass is 356 g/mol. The Morgan fingerprint density at radius 1 is 1.28 bits per heavy atom. The van der Waals surface area contributed by atoms with Gasteiger partial charge in [-0.3, -0.25) is 4.79 Å². The molecule has 138 valence electrons. The van der Waals surface area contributed by atoms with Crippen LogP contribution in [0.4, 0.5) is 13.2 Å². The lowest BCUT2D eigenvalue weighted by atomic mass is 10.1. The summed E-state index contributed by atoms with van der Waals surface area (Å²) in [5.74, 6) is -0.491. The van der Waals surface area contributed by atoms with E-state index in [1.165, 1.54) is 0 Å². The molecule has 0 aliphatic carbocycles.